The maximum atomic E-state index is 11.3. The first-order valence-corrected chi connectivity index (χ1v) is 7.19. The molecule has 1 aromatic carbocycles. The summed E-state index contributed by atoms with van der Waals surface area (Å²) < 4.78 is 24.2. The molecule has 18 heavy (non-hydrogen) atoms. The summed E-state index contributed by atoms with van der Waals surface area (Å²) >= 11 is 0. The van der Waals surface area contributed by atoms with Gasteiger partial charge in [0, 0.05) is 5.69 Å². The molecule has 0 aliphatic rings. The Labute approximate surface area is 106 Å². The van der Waals surface area contributed by atoms with Gasteiger partial charge in [0.05, 0.1) is 6.54 Å². The molecule has 0 saturated carbocycles. The highest BCUT2D eigenvalue weighted by Crippen LogP contribution is 2.12. The van der Waals surface area contributed by atoms with Crippen molar-refractivity contribution < 1.29 is 8.42 Å². The lowest BCUT2D eigenvalue weighted by molar-refractivity contribution is 0.583. The minimum Gasteiger partial charge on any atom is -0.264 e. The number of aryl methyl sites for hydroxylation is 1. The molecule has 0 spiro atoms. The van der Waals surface area contributed by atoms with E-state index in [0.717, 1.165) is 11.3 Å². The standard InChI is InChI=1S/C12H15N3O2S/c1-2-11-8-12(18(13,16)17)14-15(11)9-10-6-4-3-5-7-10/h3-8H,2,9H2,1H3,(H2,13,16,17). The van der Waals surface area contributed by atoms with Crippen molar-refractivity contribution in [2.75, 3.05) is 0 Å². The van der Waals surface area contributed by atoms with Crippen LogP contribution in [0.5, 0.6) is 0 Å². The Kier molecular flexibility index (Phi) is 3.49. The lowest BCUT2D eigenvalue weighted by atomic mass is 10.2. The smallest absolute Gasteiger partial charge is 0.257 e. The van der Waals surface area contributed by atoms with Crippen LogP contribution in [0.1, 0.15) is 18.2 Å². The van der Waals surface area contributed by atoms with E-state index in [1.54, 1.807) is 4.68 Å². The zero-order valence-electron chi connectivity index (χ0n) is 10.1. The predicted molar refractivity (Wildman–Crippen MR) is 68.5 cm³/mol. The van der Waals surface area contributed by atoms with Gasteiger partial charge < -0.3 is 0 Å². The highest BCUT2D eigenvalue weighted by molar-refractivity contribution is 7.89. The van der Waals surface area contributed by atoms with Gasteiger partial charge in [-0.05, 0) is 18.1 Å². The molecule has 0 atom stereocenters. The SMILES string of the molecule is CCc1cc(S(N)(=O)=O)nn1Cc1ccccc1. The van der Waals surface area contributed by atoms with Gasteiger partial charge in [0.2, 0.25) is 0 Å². The first-order chi connectivity index (χ1) is 8.50. The number of nitrogens with two attached hydrogens (primary N) is 1. The Morgan fingerprint density at radius 1 is 1.28 bits per heavy atom. The first-order valence-electron chi connectivity index (χ1n) is 5.64. The molecule has 2 N–H and O–H groups in total. The van der Waals surface area contributed by atoms with E-state index in [-0.39, 0.29) is 5.03 Å². The van der Waals surface area contributed by atoms with Crippen LogP contribution in [0, 0.1) is 0 Å². The molecule has 0 fully saturated rings. The summed E-state index contributed by atoms with van der Waals surface area (Å²) in [4.78, 5) is 0. The van der Waals surface area contributed by atoms with Crippen molar-refractivity contribution >= 4 is 10.0 Å². The average Bonchev–Trinajstić information content (AvgIpc) is 2.73. The lowest BCUT2D eigenvalue weighted by Crippen LogP contribution is -2.13. The van der Waals surface area contributed by atoms with E-state index in [2.05, 4.69) is 5.10 Å². The number of sulfonamides is 1. The highest BCUT2D eigenvalue weighted by atomic mass is 32.2. The number of hydrogen-bond donors (Lipinski definition) is 1. The van der Waals surface area contributed by atoms with Crippen LogP contribution in [0.2, 0.25) is 0 Å². The molecule has 0 radical (unpaired) electrons. The van der Waals surface area contributed by atoms with E-state index in [9.17, 15) is 8.42 Å². The Bertz CT molecular complexity index is 633. The van der Waals surface area contributed by atoms with Gasteiger partial charge in [0.1, 0.15) is 0 Å². The maximum Gasteiger partial charge on any atom is 0.257 e. The number of rotatable bonds is 4. The van der Waals surface area contributed by atoms with E-state index in [1.807, 2.05) is 37.3 Å². The van der Waals surface area contributed by atoms with E-state index < -0.39 is 10.0 Å². The molecule has 6 heteroatoms. The highest BCUT2D eigenvalue weighted by Gasteiger charge is 2.15. The van der Waals surface area contributed by atoms with Crippen LogP contribution >= 0.6 is 0 Å². The van der Waals surface area contributed by atoms with Gasteiger partial charge >= 0.3 is 0 Å². The third-order valence-corrected chi connectivity index (χ3v) is 3.45. The Balaban J connectivity index is 2.36. The molecule has 0 saturated heterocycles. The molecule has 0 aliphatic heterocycles. The zero-order chi connectivity index (χ0) is 13.2. The lowest BCUT2D eigenvalue weighted by Gasteiger charge is -2.05. The van der Waals surface area contributed by atoms with Gasteiger partial charge in [-0.15, -0.1) is 0 Å². The van der Waals surface area contributed by atoms with Crippen molar-refractivity contribution in [2.45, 2.75) is 24.9 Å². The van der Waals surface area contributed by atoms with Crippen LogP contribution in [0.15, 0.2) is 41.4 Å². The van der Waals surface area contributed by atoms with Crippen molar-refractivity contribution in [3.8, 4) is 0 Å². The molecule has 0 amide bonds. The van der Waals surface area contributed by atoms with Crippen LogP contribution in [-0.4, -0.2) is 18.2 Å². The molecule has 1 aromatic heterocycles. The minimum absolute atomic E-state index is 0.0738. The molecular formula is C12H15N3O2S. The Hall–Kier alpha value is -1.66. The molecular weight excluding hydrogens is 250 g/mol. The minimum atomic E-state index is -3.74. The van der Waals surface area contributed by atoms with Gasteiger partial charge in [-0.25, -0.2) is 13.6 Å². The molecule has 0 bridgehead atoms. The topological polar surface area (TPSA) is 78.0 Å². The van der Waals surface area contributed by atoms with Crippen molar-refractivity contribution in [1.29, 1.82) is 0 Å². The average molecular weight is 265 g/mol. The summed E-state index contributed by atoms with van der Waals surface area (Å²) in [7, 11) is -3.74. The quantitative estimate of drug-likeness (QED) is 0.900. The number of benzene rings is 1. The molecule has 96 valence electrons. The molecule has 2 aromatic rings. The van der Waals surface area contributed by atoms with Crippen LogP contribution < -0.4 is 5.14 Å². The maximum absolute atomic E-state index is 11.3. The molecule has 0 aliphatic carbocycles. The normalized spacial score (nSPS) is 11.7. The molecule has 0 unspecified atom stereocenters. The van der Waals surface area contributed by atoms with E-state index in [1.165, 1.54) is 6.07 Å². The van der Waals surface area contributed by atoms with Gasteiger partial charge in [-0.3, -0.25) is 4.68 Å². The van der Waals surface area contributed by atoms with Gasteiger partial charge in [-0.2, -0.15) is 5.10 Å². The third kappa shape index (κ3) is 2.77. The van der Waals surface area contributed by atoms with Gasteiger partial charge in [0.15, 0.2) is 5.03 Å². The number of nitrogens with zero attached hydrogens (tertiary/aromatic N) is 2. The Morgan fingerprint density at radius 3 is 2.50 bits per heavy atom. The number of aromatic nitrogens is 2. The van der Waals surface area contributed by atoms with E-state index in [0.29, 0.717) is 13.0 Å². The summed E-state index contributed by atoms with van der Waals surface area (Å²) in [5, 5.41) is 9.06. The molecule has 1 heterocycles. The fourth-order valence-electron chi connectivity index (χ4n) is 1.75. The fraction of sp³-hybridized carbons (Fsp3) is 0.250. The van der Waals surface area contributed by atoms with Crippen LogP contribution in [0.25, 0.3) is 0 Å². The fourth-order valence-corrected chi connectivity index (χ4v) is 2.26. The van der Waals surface area contributed by atoms with Crippen LogP contribution in [0.3, 0.4) is 0 Å². The summed E-state index contributed by atoms with van der Waals surface area (Å²) in [6.07, 6.45) is 0.704. The van der Waals surface area contributed by atoms with Crippen LogP contribution in [-0.2, 0) is 23.0 Å². The second kappa shape index (κ2) is 4.91. The third-order valence-electron chi connectivity index (χ3n) is 2.67. The van der Waals surface area contributed by atoms with E-state index in [4.69, 9.17) is 5.14 Å². The summed E-state index contributed by atoms with van der Waals surface area (Å²) in [5.41, 5.74) is 1.92. The van der Waals surface area contributed by atoms with E-state index >= 15 is 0 Å². The number of hydrogen-bond acceptors (Lipinski definition) is 3. The summed E-state index contributed by atoms with van der Waals surface area (Å²) in [5.74, 6) is 0. The predicted octanol–water partition coefficient (Wildman–Crippen LogP) is 1.14. The largest absolute Gasteiger partial charge is 0.264 e. The van der Waals surface area contributed by atoms with Crippen molar-refractivity contribution in [1.82, 2.24) is 9.78 Å². The van der Waals surface area contributed by atoms with Crippen molar-refractivity contribution in [3.63, 3.8) is 0 Å². The van der Waals surface area contributed by atoms with Crippen molar-refractivity contribution in [2.24, 2.45) is 5.14 Å². The first kappa shape index (κ1) is 12.8. The van der Waals surface area contributed by atoms with Gasteiger partial charge in [0.25, 0.3) is 10.0 Å². The Morgan fingerprint density at radius 2 is 1.94 bits per heavy atom. The second-order valence-electron chi connectivity index (χ2n) is 4.02. The summed E-state index contributed by atoms with van der Waals surface area (Å²) in [6, 6.07) is 11.3. The van der Waals surface area contributed by atoms with Crippen molar-refractivity contribution in [3.05, 3.63) is 47.7 Å². The van der Waals surface area contributed by atoms with Crippen LogP contribution in [0.4, 0.5) is 0 Å². The molecule has 2 rings (SSSR count). The zero-order valence-corrected chi connectivity index (χ0v) is 10.9. The van der Waals surface area contributed by atoms with Gasteiger partial charge in [-0.1, -0.05) is 37.3 Å². The summed E-state index contributed by atoms with van der Waals surface area (Å²) in [6.45, 7) is 2.49. The monoisotopic (exact) mass is 265 g/mol. The second-order valence-corrected chi connectivity index (χ2v) is 5.52. The number of primary sulfonamides is 1. The molecule has 5 nitrogen and oxygen atoms in total.